The minimum absolute atomic E-state index is 0.227. The number of rotatable bonds is 4. The van der Waals surface area contributed by atoms with Crippen LogP contribution in [0.5, 0.6) is 0 Å². The first-order valence-corrected chi connectivity index (χ1v) is 7.41. The van der Waals surface area contributed by atoms with Crippen LogP contribution < -0.4 is 5.32 Å². The highest BCUT2D eigenvalue weighted by Crippen LogP contribution is 2.25. The van der Waals surface area contributed by atoms with Gasteiger partial charge in [0.2, 0.25) is 0 Å². The third-order valence-electron chi connectivity index (χ3n) is 3.41. The lowest BCUT2D eigenvalue weighted by Gasteiger charge is -2.21. The first-order chi connectivity index (χ1) is 9.61. The van der Waals surface area contributed by atoms with Crippen molar-refractivity contribution in [3.8, 4) is 6.07 Å². The van der Waals surface area contributed by atoms with Gasteiger partial charge in [0.15, 0.2) is 0 Å². The third kappa shape index (κ3) is 3.47. The van der Waals surface area contributed by atoms with Crippen molar-refractivity contribution in [2.24, 2.45) is 0 Å². The van der Waals surface area contributed by atoms with Crippen LogP contribution in [0.25, 0.3) is 0 Å². The van der Waals surface area contributed by atoms with Crippen LogP contribution in [-0.4, -0.2) is 0 Å². The average molecular weight is 329 g/mol. The van der Waals surface area contributed by atoms with Crippen molar-refractivity contribution in [2.45, 2.75) is 25.9 Å². The Labute approximate surface area is 128 Å². The molecule has 2 nitrogen and oxygen atoms in total. The van der Waals surface area contributed by atoms with Crippen LogP contribution in [0.3, 0.4) is 0 Å². The maximum Gasteiger partial charge on any atom is 0.0991 e. The Kier molecular flexibility index (Phi) is 4.94. The third-order valence-corrected chi connectivity index (χ3v) is 4.13. The monoisotopic (exact) mass is 328 g/mol. The summed E-state index contributed by atoms with van der Waals surface area (Å²) in [6.45, 7) is 4.29. The van der Waals surface area contributed by atoms with Crippen molar-refractivity contribution in [3.05, 3.63) is 69.7 Å². The van der Waals surface area contributed by atoms with E-state index >= 15 is 0 Å². The second-order valence-corrected chi connectivity index (χ2v) is 5.72. The van der Waals surface area contributed by atoms with Crippen LogP contribution in [0.1, 0.15) is 42.6 Å². The molecule has 0 fully saturated rings. The number of nitrogens with one attached hydrogen (secondary N) is 1. The lowest BCUT2D eigenvalue weighted by atomic mass is 10.0. The van der Waals surface area contributed by atoms with E-state index < -0.39 is 0 Å². The number of benzene rings is 2. The fraction of sp³-hybridized carbons (Fsp3) is 0.235. The fourth-order valence-corrected chi connectivity index (χ4v) is 2.86. The molecular formula is C17H17BrN2. The SMILES string of the molecule is CC(N[C@@H](C)c1ccccc1Br)c1ccc(C#N)cc1. The van der Waals surface area contributed by atoms with E-state index in [1.54, 1.807) is 0 Å². The molecule has 20 heavy (non-hydrogen) atoms. The summed E-state index contributed by atoms with van der Waals surface area (Å²) < 4.78 is 1.12. The molecule has 102 valence electrons. The van der Waals surface area contributed by atoms with Gasteiger partial charge in [-0.3, -0.25) is 0 Å². The minimum Gasteiger partial charge on any atom is -0.304 e. The highest BCUT2D eigenvalue weighted by molar-refractivity contribution is 9.10. The summed E-state index contributed by atoms with van der Waals surface area (Å²) in [6, 6.07) is 18.6. The van der Waals surface area contributed by atoms with Crippen LogP contribution in [0.2, 0.25) is 0 Å². The van der Waals surface area contributed by atoms with E-state index in [0.29, 0.717) is 5.56 Å². The van der Waals surface area contributed by atoms with Gasteiger partial charge in [-0.05, 0) is 43.2 Å². The first kappa shape index (κ1) is 14.8. The van der Waals surface area contributed by atoms with E-state index in [0.717, 1.165) is 4.47 Å². The van der Waals surface area contributed by atoms with E-state index in [2.05, 4.69) is 53.3 Å². The molecule has 0 amide bonds. The highest BCUT2D eigenvalue weighted by Gasteiger charge is 2.13. The summed E-state index contributed by atoms with van der Waals surface area (Å²) in [5.74, 6) is 0. The second-order valence-electron chi connectivity index (χ2n) is 4.87. The molecule has 0 saturated heterocycles. The molecule has 0 aromatic heterocycles. The Morgan fingerprint density at radius 1 is 1.00 bits per heavy atom. The van der Waals surface area contributed by atoms with E-state index in [-0.39, 0.29) is 12.1 Å². The predicted molar refractivity (Wildman–Crippen MR) is 85.3 cm³/mol. The molecule has 0 heterocycles. The van der Waals surface area contributed by atoms with E-state index in [1.807, 2.05) is 36.4 Å². The molecule has 0 saturated carbocycles. The Morgan fingerprint density at radius 3 is 2.25 bits per heavy atom. The van der Waals surface area contributed by atoms with Crippen LogP contribution in [0.15, 0.2) is 53.0 Å². The summed E-state index contributed by atoms with van der Waals surface area (Å²) in [5, 5.41) is 12.4. The topological polar surface area (TPSA) is 35.8 Å². The van der Waals surface area contributed by atoms with Gasteiger partial charge in [0.1, 0.15) is 0 Å². The largest absolute Gasteiger partial charge is 0.304 e. The smallest absolute Gasteiger partial charge is 0.0991 e. The summed E-state index contributed by atoms with van der Waals surface area (Å²) in [5.41, 5.74) is 3.12. The maximum absolute atomic E-state index is 8.82. The highest BCUT2D eigenvalue weighted by atomic mass is 79.9. The molecule has 0 radical (unpaired) electrons. The van der Waals surface area contributed by atoms with E-state index in [1.165, 1.54) is 11.1 Å². The van der Waals surface area contributed by atoms with Gasteiger partial charge in [0, 0.05) is 16.6 Å². The van der Waals surface area contributed by atoms with Gasteiger partial charge < -0.3 is 5.32 Å². The van der Waals surface area contributed by atoms with Crippen molar-refractivity contribution < 1.29 is 0 Å². The van der Waals surface area contributed by atoms with Gasteiger partial charge >= 0.3 is 0 Å². The molecule has 2 aromatic carbocycles. The first-order valence-electron chi connectivity index (χ1n) is 6.62. The quantitative estimate of drug-likeness (QED) is 0.880. The van der Waals surface area contributed by atoms with Crippen molar-refractivity contribution in [3.63, 3.8) is 0 Å². The molecule has 2 aromatic rings. The zero-order valence-corrected chi connectivity index (χ0v) is 13.2. The standard InChI is InChI=1S/C17H17BrN2/c1-12(15-9-7-14(11-19)8-10-15)20-13(2)16-5-3-4-6-17(16)18/h3-10,12-13,20H,1-2H3/t12?,13-/m0/s1. The van der Waals surface area contributed by atoms with Crippen LogP contribution in [-0.2, 0) is 0 Å². The molecule has 3 heteroatoms. The number of halogens is 1. The molecule has 2 rings (SSSR count). The molecule has 2 atom stereocenters. The van der Waals surface area contributed by atoms with Crippen LogP contribution >= 0.6 is 15.9 Å². The van der Waals surface area contributed by atoms with Crippen LogP contribution in [0.4, 0.5) is 0 Å². The van der Waals surface area contributed by atoms with Crippen molar-refractivity contribution in [1.29, 1.82) is 5.26 Å². The summed E-state index contributed by atoms with van der Waals surface area (Å²) in [7, 11) is 0. The lowest BCUT2D eigenvalue weighted by molar-refractivity contribution is 0.493. The lowest BCUT2D eigenvalue weighted by Crippen LogP contribution is -2.22. The fourth-order valence-electron chi connectivity index (χ4n) is 2.23. The van der Waals surface area contributed by atoms with Gasteiger partial charge in [-0.25, -0.2) is 0 Å². The zero-order valence-electron chi connectivity index (χ0n) is 11.6. The molecule has 1 N–H and O–H groups in total. The molecule has 0 spiro atoms. The zero-order chi connectivity index (χ0) is 14.5. The van der Waals surface area contributed by atoms with Gasteiger partial charge in [-0.15, -0.1) is 0 Å². The maximum atomic E-state index is 8.82. The normalized spacial score (nSPS) is 13.5. The van der Waals surface area contributed by atoms with E-state index in [9.17, 15) is 0 Å². The average Bonchev–Trinajstić information content (AvgIpc) is 2.47. The molecule has 0 aliphatic heterocycles. The Morgan fingerprint density at radius 2 is 1.65 bits per heavy atom. The van der Waals surface area contributed by atoms with Gasteiger partial charge in [0.25, 0.3) is 0 Å². The number of hydrogen-bond acceptors (Lipinski definition) is 2. The number of hydrogen-bond donors (Lipinski definition) is 1. The summed E-state index contributed by atoms with van der Waals surface area (Å²) in [6.07, 6.45) is 0. The van der Waals surface area contributed by atoms with Crippen molar-refractivity contribution in [1.82, 2.24) is 5.32 Å². The second kappa shape index (κ2) is 6.69. The van der Waals surface area contributed by atoms with Crippen molar-refractivity contribution in [2.75, 3.05) is 0 Å². The molecular weight excluding hydrogens is 312 g/mol. The Bertz CT molecular complexity index is 614. The predicted octanol–water partition coefficient (Wildman–Crippen LogP) is 4.73. The van der Waals surface area contributed by atoms with Gasteiger partial charge in [-0.2, -0.15) is 5.26 Å². The molecule has 0 aliphatic carbocycles. The Hall–Kier alpha value is -1.63. The number of nitrogens with zero attached hydrogens (tertiary/aromatic N) is 1. The van der Waals surface area contributed by atoms with Crippen LogP contribution in [0, 0.1) is 11.3 Å². The summed E-state index contributed by atoms with van der Waals surface area (Å²) >= 11 is 3.59. The van der Waals surface area contributed by atoms with Gasteiger partial charge in [-0.1, -0.05) is 46.3 Å². The van der Waals surface area contributed by atoms with Gasteiger partial charge in [0.05, 0.1) is 11.6 Å². The molecule has 0 aliphatic rings. The molecule has 0 bridgehead atoms. The van der Waals surface area contributed by atoms with Crippen molar-refractivity contribution >= 4 is 15.9 Å². The Balaban J connectivity index is 2.09. The number of nitriles is 1. The molecule has 1 unspecified atom stereocenters. The van der Waals surface area contributed by atoms with E-state index in [4.69, 9.17) is 5.26 Å². The minimum atomic E-state index is 0.227. The summed E-state index contributed by atoms with van der Waals surface area (Å²) in [4.78, 5) is 0.